The molecule has 6 N–H and O–H groups in total. The monoisotopic (exact) mass is 261 g/mol. The Morgan fingerprint density at radius 1 is 1.41 bits per heavy atom. The molecule has 0 aliphatic carbocycles. The minimum Gasteiger partial charge on any atom is -0.394 e. The summed E-state index contributed by atoms with van der Waals surface area (Å²) in [7, 11) is 0. The van der Waals surface area contributed by atoms with E-state index in [4.69, 9.17) is 10.8 Å². The third-order valence-electron chi connectivity index (χ3n) is 2.44. The second-order valence-electron chi connectivity index (χ2n) is 3.57. The molecule has 1 unspecified atom stereocenters. The number of carbonyl (C=O) groups excluding carboxylic acids is 1. The normalized spacial score (nSPS) is 42.8. The van der Waals surface area contributed by atoms with E-state index in [0.29, 0.717) is 0 Å². The van der Waals surface area contributed by atoms with Gasteiger partial charge in [-0.15, -0.1) is 0 Å². The zero-order valence-corrected chi connectivity index (χ0v) is 8.18. The second kappa shape index (κ2) is 3.86. The number of alkyl halides is 3. The van der Waals surface area contributed by atoms with Crippen molar-refractivity contribution >= 4 is 5.78 Å². The summed E-state index contributed by atoms with van der Waals surface area (Å²) < 4.78 is 40.8. The molecule has 0 bridgehead atoms. The van der Waals surface area contributed by atoms with Crippen molar-refractivity contribution < 1.29 is 43.1 Å². The average Bonchev–Trinajstić information content (AvgIpc) is 2.37. The number of hydrogen-bond donors (Lipinski definition) is 5. The van der Waals surface area contributed by atoms with Crippen molar-refractivity contribution in [3.8, 4) is 0 Å². The molecule has 0 aromatic rings. The number of ether oxygens (including phenoxy) is 1. The summed E-state index contributed by atoms with van der Waals surface area (Å²) >= 11 is 0. The van der Waals surface area contributed by atoms with Crippen molar-refractivity contribution in [2.75, 3.05) is 6.61 Å². The van der Waals surface area contributed by atoms with Crippen molar-refractivity contribution in [2.24, 2.45) is 5.73 Å². The fraction of sp³-hybridized carbons (Fsp3) is 0.857. The summed E-state index contributed by atoms with van der Waals surface area (Å²) in [5.41, 5.74) is 1.01. The van der Waals surface area contributed by atoms with E-state index in [2.05, 4.69) is 4.74 Å². The molecular weight excluding hydrogens is 251 g/mol. The van der Waals surface area contributed by atoms with Gasteiger partial charge < -0.3 is 25.2 Å². The lowest BCUT2D eigenvalue weighted by Gasteiger charge is -2.32. The average molecular weight is 261 g/mol. The molecule has 1 aliphatic rings. The zero-order chi connectivity index (χ0) is 13.6. The number of hydrogen-bond acceptors (Lipinski definition) is 7. The number of ketones is 1. The maximum atomic E-state index is 12.2. The van der Waals surface area contributed by atoms with Crippen LogP contribution in [-0.4, -0.2) is 62.7 Å². The Kier molecular flexibility index (Phi) is 3.25. The number of halogens is 3. The van der Waals surface area contributed by atoms with Crippen molar-refractivity contribution in [1.82, 2.24) is 0 Å². The molecule has 0 radical (unpaired) electrons. The van der Waals surface area contributed by atoms with Crippen LogP contribution < -0.4 is 5.73 Å². The highest BCUT2D eigenvalue weighted by atomic mass is 19.4. The number of aliphatic hydroxyl groups is 4. The molecule has 7 nitrogen and oxygen atoms in total. The van der Waals surface area contributed by atoms with Crippen molar-refractivity contribution in [3.63, 3.8) is 0 Å². The van der Waals surface area contributed by atoms with Crippen LogP contribution in [0.2, 0.25) is 0 Å². The largest absolute Gasteiger partial charge is 0.453 e. The van der Waals surface area contributed by atoms with Gasteiger partial charge in [-0.25, -0.2) is 0 Å². The molecular formula is C7H10F3NO6. The van der Waals surface area contributed by atoms with Crippen molar-refractivity contribution in [3.05, 3.63) is 0 Å². The molecule has 0 aromatic heterocycles. The lowest BCUT2D eigenvalue weighted by atomic mass is 9.87. The first-order valence-electron chi connectivity index (χ1n) is 4.30. The SMILES string of the molecule is NC1(O)O[C@H](CO)[C@@H](O)[C@]1(O)C(=O)C(F)(F)F. The summed E-state index contributed by atoms with van der Waals surface area (Å²) in [4.78, 5) is 10.9. The third kappa shape index (κ3) is 1.92. The number of aliphatic hydroxyl groups excluding tert-OH is 2. The van der Waals surface area contributed by atoms with Gasteiger partial charge in [-0.3, -0.25) is 10.5 Å². The number of nitrogens with two attached hydrogens (primary N) is 1. The van der Waals surface area contributed by atoms with Crippen LogP contribution >= 0.6 is 0 Å². The first kappa shape index (κ1) is 14.3. The minimum atomic E-state index is -5.54. The molecule has 17 heavy (non-hydrogen) atoms. The van der Waals surface area contributed by atoms with Gasteiger partial charge in [0.25, 0.3) is 11.7 Å². The van der Waals surface area contributed by atoms with Gasteiger partial charge in [0.2, 0.25) is 5.60 Å². The van der Waals surface area contributed by atoms with E-state index in [9.17, 15) is 33.3 Å². The topological polar surface area (TPSA) is 133 Å². The van der Waals surface area contributed by atoms with Gasteiger partial charge >= 0.3 is 6.18 Å². The molecule has 100 valence electrons. The highest BCUT2D eigenvalue weighted by Crippen LogP contribution is 2.39. The van der Waals surface area contributed by atoms with Crippen LogP contribution in [0.25, 0.3) is 0 Å². The van der Waals surface area contributed by atoms with Crippen LogP contribution in [0.4, 0.5) is 13.2 Å². The van der Waals surface area contributed by atoms with Crippen LogP contribution in [-0.2, 0) is 9.53 Å². The van der Waals surface area contributed by atoms with E-state index >= 15 is 0 Å². The van der Waals surface area contributed by atoms with Gasteiger partial charge in [-0.2, -0.15) is 13.2 Å². The standard InChI is InChI=1S/C7H10F3NO6/c8-6(9,10)4(14)5(15)3(13)2(1-12)17-7(5,11)16/h2-3,12-13,15-16H,1,11H2/t2-,3-,5+,7?/m1/s1. The highest BCUT2D eigenvalue weighted by Gasteiger charge is 2.72. The molecule has 10 heteroatoms. The molecule has 0 spiro atoms. The van der Waals surface area contributed by atoms with Gasteiger partial charge in [-0.05, 0) is 0 Å². The zero-order valence-electron chi connectivity index (χ0n) is 8.18. The molecule has 4 atom stereocenters. The van der Waals surface area contributed by atoms with Gasteiger partial charge in [0.1, 0.15) is 12.2 Å². The Balaban J connectivity index is 3.21. The summed E-state index contributed by atoms with van der Waals surface area (Å²) in [5, 5.41) is 36.6. The van der Waals surface area contributed by atoms with Crippen LogP contribution in [0, 0.1) is 0 Å². The molecule has 1 heterocycles. The minimum absolute atomic E-state index is 1.05. The Hall–Kier alpha value is -0.780. The molecule has 1 rings (SSSR count). The van der Waals surface area contributed by atoms with E-state index < -0.39 is 42.3 Å². The van der Waals surface area contributed by atoms with Gasteiger partial charge in [-0.1, -0.05) is 0 Å². The first-order chi connectivity index (χ1) is 7.48. The van der Waals surface area contributed by atoms with E-state index in [0.717, 1.165) is 0 Å². The Morgan fingerprint density at radius 3 is 2.18 bits per heavy atom. The molecule has 1 fully saturated rings. The summed E-state index contributed by atoms with van der Waals surface area (Å²) in [6.45, 7) is -1.05. The fourth-order valence-corrected chi connectivity index (χ4v) is 1.52. The van der Waals surface area contributed by atoms with Crippen molar-refractivity contribution in [1.29, 1.82) is 0 Å². The quantitative estimate of drug-likeness (QED) is 0.339. The Morgan fingerprint density at radius 2 is 1.88 bits per heavy atom. The molecule has 0 aromatic carbocycles. The first-order valence-corrected chi connectivity index (χ1v) is 4.30. The molecule has 1 saturated heterocycles. The maximum absolute atomic E-state index is 12.2. The van der Waals surface area contributed by atoms with E-state index in [1.165, 1.54) is 0 Å². The van der Waals surface area contributed by atoms with E-state index in [1.807, 2.05) is 0 Å². The predicted octanol–water partition coefficient (Wildman–Crippen LogP) is -2.79. The van der Waals surface area contributed by atoms with Crippen LogP contribution in [0.1, 0.15) is 0 Å². The van der Waals surface area contributed by atoms with Crippen LogP contribution in [0.15, 0.2) is 0 Å². The molecule has 0 saturated carbocycles. The van der Waals surface area contributed by atoms with E-state index in [1.54, 1.807) is 0 Å². The van der Waals surface area contributed by atoms with Gasteiger partial charge in [0.15, 0.2) is 0 Å². The number of Topliss-reactive ketones (excluding diaryl/α,β-unsaturated/α-hetero) is 1. The van der Waals surface area contributed by atoms with E-state index in [-0.39, 0.29) is 0 Å². The lowest BCUT2D eigenvalue weighted by Crippen LogP contribution is -2.69. The maximum Gasteiger partial charge on any atom is 0.453 e. The Bertz CT molecular complexity index is 332. The summed E-state index contributed by atoms with van der Waals surface area (Å²) in [6.07, 6.45) is -9.88. The molecule has 1 aliphatic heterocycles. The smallest absolute Gasteiger partial charge is 0.394 e. The lowest BCUT2D eigenvalue weighted by molar-refractivity contribution is -0.270. The molecule has 0 amide bonds. The fourth-order valence-electron chi connectivity index (χ4n) is 1.52. The van der Waals surface area contributed by atoms with Gasteiger partial charge in [0.05, 0.1) is 6.61 Å². The van der Waals surface area contributed by atoms with Gasteiger partial charge in [0, 0.05) is 0 Å². The second-order valence-corrected chi connectivity index (χ2v) is 3.57. The van der Waals surface area contributed by atoms with Crippen molar-refractivity contribution in [2.45, 2.75) is 29.9 Å². The Labute approximate surface area is 92.2 Å². The number of rotatable bonds is 2. The third-order valence-corrected chi connectivity index (χ3v) is 2.44. The van der Waals surface area contributed by atoms with Crippen LogP contribution in [0.5, 0.6) is 0 Å². The number of carbonyl (C=O) groups is 1. The predicted molar refractivity (Wildman–Crippen MR) is 43.1 cm³/mol. The summed E-state index contributed by atoms with van der Waals surface area (Å²) in [5.74, 6) is -6.31. The highest BCUT2D eigenvalue weighted by molar-refractivity contribution is 5.94. The van der Waals surface area contributed by atoms with Crippen LogP contribution in [0.3, 0.4) is 0 Å². The summed E-state index contributed by atoms with van der Waals surface area (Å²) in [6, 6.07) is 0.